The molecule has 214 valence electrons. The largest absolute Gasteiger partial charge is 0.265 e. The van der Waals surface area contributed by atoms with Gasteiger partial charge in [-0.3, -0.25) is 9.97 Å². The first-order chi connectivity index (χ1) is 21.7. The van der Waals surface area contributed by atoms with Gasteiger partial charge in [-0.15, -0.1) is 68.0 Å². The van der Waals surface area contributed by atoms with Gasteiger partial charge in [0.15, 0.2) is 0 Å². The molecule has 10 heteroatoms. The van der Waals surface area contributed by atoms with Gasteiger partial charge < -0.3 is 0 Å². The predicted octanol–water partition coefficient (Wildman–Crippen LogP) is 13.6. The number of aromatic nitrogens is 2. The van der Waals surface area contributed by atoms with E-state index in [2.05, 4.69) is 107 Å². The molecule has 0 aromatic carbocycles. The zero-order chi connectivity index (χ0) is 29.3. The molecule has 0 unspecified atom stereocenters. The van der Waals surface area contributed by atoms with E-state index in [1.807, 2.05) is 114 Å². The number of nitrogens with zero attached hydrogens (tertiary/aromatic N) is 2. The van der Waals surface area contributed by atoms with Crippen molar-refractivity contribution >= 4 is 89.6 Å². The van der Waals surface area contributed by atoms with Gasteiger partial charge in [-0.2, -0.15) is 0 Å². The van der Waals surface area contributed by atoms with E-state index in [0.717, 1.165) is 0 Å². The fourth-order valence-electron chi connectivity index (χ4n) is 4.57. The van der Waals surface area contributed by atoms with Gasteiger partial charge in [0.1, 0.15) is 0 Å². The topological polar surface area (TPSA) is 25.8 Å². The third kappa shape index (κ3) is 6.18. The third-order valence-corrected chi connectivity index (χ3v) is 17.3. The van der Waals surface area contributed by atoms with E-state index in [0.29, 0.717) is 0 Å². The minimum absolute atomic E-state index is 1.22. The molecule has 0 saturated heterocycles. The SMILES string of the molecule is c1cc(-c2ccc(-c3ccc(-c4ccc(SSc5ccc(-c6ccc(-c7ccc(-c8ccncc8)s7)s6)s5)s4)s3)s2)ccn1. The molecule has 0 amide bonds. The molecule has 2 nitrogen and oxygen atoms in total. The number of hydrogen-bond acceptors (Lipinski definition) is 10. The lowest BCUT2D eigenvalue weighted by Gasteiger charge is -1.95. The number of pyridine rings is 2. The first-order valence-corrected chi connectivity index (χ1v) is 20.6. The van der Waals surface area contributed by atoms with E-state index < -0.39 is 0 Å². The Morgan fingerprint density at radius 1 is 0.295 bits per heavy atom. The van der Waals surface area contributed by atoms with Crippen LogP contribution in [0.2, 0.25) is 0 Å². The fourth-order valence-corrected chi connectivity index (χ4v) is 13.7. The Morgan fingerprint density at radius 2 is 0.568 bits per heavy atom. The Kier molecular flexibility index (Phi) is 8.40. The zero-order valence-electron chi connectivity index (χ0n) is 22.7. The summed E-state index contributed by atoms with van der Waals surface area (Å²) in [4.78, 5) is 21.4. The summed E-state index contributed by atoms with van der Waals surface area (Å²) in [5.74, 6) is 0. The number of rotatable bonds is 9. The van der Waals surface area contributed by atoms with Crippen molar-refractivity contribution in [1.82, 2.24) is 9.97 Å². The maximum absolute atomic E-state index is 4.14. The van der Waals surface area contributed by atoms with Gasteiger partial charge in [0.25, 0.3) is 0 Å². The average Bonchev–Trinajstić information content (AvgIpc) is 3.91. The Hall–Kier alpha value is -2.80. The third-order valence-electron chi connectivity index (χ3n) is 6.69. The Balaban J connectivity index is 0.905. The van der Waals surface area contributed by atoms with Crippen LogP contribution in [-0.4, -0.2) is 9.97 Å². The first-order valence-electron chi connectivity index (χ1n) is 13.5. The summed E-state index contributed by atoms with van der Waals surface area (Å²) < 4.78 is 2.65. The van der Waals surface area contributed by atoms with Gasteiger partial charge in [0.05, 0.1) is 8.42 Å². The van der Waals surface area contributed by atoms with Crippen LogP contribution in [0.5, 0.6) is 0 Å². The van der Waals surface area contributed by atoms with Crippen molar-refractivity contribution in [2.45, 2.75) is 8.42 Å². The molecule has 0 fully saturated rings. The van der Waals surface area contributed by atoms with Gasteiger partial charge >= 0.3 is 0 Å². The number of thiophene rings is 6. The summed E-state index contributed by atoms with van der Waals surface area (Å²) in [6.45, 7) is 0. The quantitative estimate of drug-likeness (QED) is 0.139. The summed E-state index contributed by atoms with van der Waals surface area (Å²) in [5.41, 5.74) is 2.44. The molecule has 0 saturated carbocycles. The van der Waals surface area contributed by atoms with Gasteiger partial charge in [0, 0.05) is 73.6 Å². The molecular formula is C34H20N2S8. The predicted molar refractivity (Wildman–Crippen MR) is 200 cm³/mol. The fraction of sp³-hybridized carbons (Fsp3) is 0. The highest BCUT2D eigenvalue weighted by Gasteiger charge is 2.13. The molecule has 0 N–H and O–H groups in total. The van der Waals surface area contributed by atoms with Gasteiger partial charge in [-0.25, -0.2) is 0 Å². The van der Waals surface area contributed by atoms with Crippen molar-refractivity contribution in [2.24, 2.45) is 0 Å². The standard InChI is InChI=1S/C34H20N2S8/c1-3-25(37-23(1)21-13-17-35-18-14-21)27-5-7-29(39-27)31-9-11-33(41-31)43-44-34-12-10-32(42-34)30-8-6-28(40-30)26-4-2-24(38-26)22-15-19-36-20-16-22/h1-20H. The molecule has 8 rings (SSSR count). The Bertz CT molecular complexity index is 1990. The smallest absolute Gasteiger partial charge is 0.0716 e. The normalized spacial score (nSPS) is 11.4. The van der Waals surface area contributed by atoms with Gasteiger partial charge in [0.2, 0.25) is 0 Å². The highest BCUT2D eigenvalue weighted by atomic mass is 33.1. The molecule has 44 heavy (non-hydrogen) atoms. The second kappa shape index (κ2) is 12.9. The molecular weight excluding hydrogens is 693 g/mol. The van der Waals surface area contributed by atoms with Crippen molar-refractivity contribution in [2.75, 3.05) is 0 Å². The van der Waals surface area contributed by atoms with Crippen molar-refractivity contribution in [3.63, 3.8) is 0 Å². The molecule has 0 aliphatic carbocycles. The maximum atomic E-state index is 4.14. The van der Waals surface area contributed by atoms with E-state index in [9.17, 15) is 0 Å². The highest BCUT2D eigenvalue weighted by Crippen LogP contribution is 2.49. The van der Waals surface area contributed by atoms with Crippen LogP contribution in [0, 0.1) is 0 Å². The first kappa shape index (κ1) is 28.7. The van der Waals surface area contributed by atoms with Crippen LogP contribution in [0.3, 0.4) is 0 Å². The van der Waals surface area contributed by atoms with Crippen LogP contribution in [0.15, 0.2) is 130 Å². The summed E-state index contributed by atoms with van der Waals surface area (Å²) >= 11 is 11.2. The van der Waals surface area contributed by atoms with E-state index in [-0.39, 0.29) is 0 Å². The van der Waals surface area contributed by atoms with Crippen molar-refractivity contribution in [3.05, 3.63) is 122 Å². The van der Waals surface area contributed by atoms with Crippen LogP contribution >= 0.6 is 89.6 Å². The van der Waals surface area contributed by atoms with Crippen molar-refractivity contribution in [1.29, 1.82) is 0 Å². The lowest BCUT2D eigenvalue weighted by atomic mass is 10.2. The van der Waals surface area contributed by atoms with E-state index in [1.54, 1.807) is 0 Å². The van der Waals surface area contributed by atoms with E-state index >= 15 is 0 Å². The van der Waals surface area contributed by atoms with Crippen molar-refractivity contribution < 1.29 is 0 Å². The lowest BCUT2D eigenvalue weighted by molar-refractivity contribution is 1.33. The minimum atomic E-state index is 1.22. The molecule has 8 aromatic heterocycles. The summed E-state index contributed by atoms with van der Waals surface area (Å²) in [7, 11) is 3.70. The summed E-state index contributed by atoms with van der Waals surface area (Å²) in [6.07, 6.45) is 7.41. The van der Waals surface area contributed by atoms with Crippen LogP contribution in [0.25, 0.3) is 59.9 Å². The number of hydrogen-bond donors (Lipinski definition) is 0. The van der Waals surface area contributed by atoms with Crippen LogP contribution in [-0.2, 0) is 0 Å². The molecule has 0 bridgehead atoms. The molecule has 0 atom stereocenters. The molecule has 0 aliphatic rings. The lowest BCUT2D eigenvalue weighted by Crippen LogP contribution is -1.71. The zero-order valence-corrected chi connectivity index (χ0v) is 29.2. The Morgan fingerprint density at radius 3 is 0.932 bits per heavy atom. The van der Waals surface area contributed by atoms with Crippen LogP contribution < -0.4 is 0 Å². The summed E-state index contributed by atoms with van der Waals surface area (Å²) in [5, 5.41) is 0. The summed E-state index contributed by atoms with van der Waals surface area (Å²) in [6, 6.07) is 35.2. The van der Waals surface area contributed by atoms with Crippen molar-refractivity contribution in [3.8, 4) is 59.9 Å². The molecule has 8 heterocycles. The maximum Gasteiger partial charge on any atom is 0.0716 e. The molecule has 8 aromatic rings. The highest BCUT2D eigenvalue weighted by molar-refractivity contribution is 8.77. The second-order valence-electron chi connectivity index (χ2n) is 9.53. The van der Waals surface area contributed by atoms with Crippen LogP contribution in [0.1, 0.15) is 0 Å². The monoisotopic (exact) mass is 712 g/mol. The molecule has 0 radical (unpaired) electrons. The van der Waals surface area contributed by atoms with E-state index in [4.69, 9.17) is 0 Å². The van der Waals surface area contributed by atoms with Gasteiger partial charge in [-0.05, 0) is 130 Å². The Labute approximate surface area is 287 Å². The molecule has 0 spiro atoms. The van der Waals surface area contributed by atoms with Gasteiger partial charge in [-0.1, -0.05) is 0 Å². The van der Waals surface area contributed by atoms with Crippen LogP contribution in [0.4, 0.5) is 0 Å². The average molecular weight is 713 g/mol. The second-order valence-corrected chi connectivity index (χ2v) is 18.8. The minimum Gasteiger partial charge on any atom is -0.265 e. The van der Waals surface area contributed by atoms with E-state index in [1.165, 1.54) is 68.3 Å². The molecule has 0 aliphatic heterocycles.